The predicted octanol–water partition coefficient (Wildman–Crippen LogP) is 4.41. The summed E-state index contributed by atoms with van der Waals surface area (Å²) in [5.41, 5.74) is 3.24. The summed E-state index contributed by atoms with van der Waals surface area (Å²) in [6.45, 7) is 3.61. The maximum atomic E-state index is 12.2. The zero-order chi connectivity index (χ0) is 19.1. The summed E-state index contributed by atoms with van der Waals surface area (Å²) in [4.78, 5) is 37.0. The maximum Gasteiger partial charge on any atom is 0.306 e. The number of ketones is 2. The third-order valence-corrected chi connectivity index (χ3v) is 4.90. The SMILES string of the molecule is CSc1ccc(C(=O)COC(=O)CCC(=O)c2ccc(C)c(C)c2)cc1. The van der Waals surface area contributed by atoms with Crippen molar-refractivity contribution in [3.8, 4) is 0 Å². The van der Waals surface area contributed by atoms with Crippen molar-refractivity contribution >= 4 is 29.3 Å². The van der Waals surface area contributed by atoms with E-state index in [1.54, 1.807) is 30.0 Å². The fourth-order valence-corrected chi connectivity index (χ4v) is 2.76. The average Bonchev–Trinajstić information content (AvgIpc) is 2.66. The molecule has 0 saturated carbocycles. The lowest BCUT2D eigenvalue weighted by Crippen LogP contribution is -2.15. The van der Waals surface area contributed by atoms with Crippen molar-refractivity contribution < 1.29 is 19.1 Å². The molecule has 0 spiro atoms. The third kappa shape index (κ3) is 5.56. The fourth-order valence-electron chi connectivity index (χ4n) is 2.35. The number of benzene rings is 2. The van der Waals surface area contributed by atoms with E-state index in [4.69, 9.17) is 4.74 Å². The second kappa shape index (κ2) is 9.34. The van der Waals surface area contributed by atoms with Crippen LogP contribution in [-0.2, 0) is 9.53 Å². The quantitative estimate of drug-likeness (QED) is 0.391. The summed E-state index contributed by atoms with van der Waals surface area (Å²) in [5.74, 6) is -0.910. The van der Waals surface area contributed by atoms with Gasteiger partial charge >= 0.3 is 5.97 Å². The molecule has 0 heterocycles. The van der Waals surface area contributed by atoms with E-state index in [0.717, 1.165) is 16.0 Å². The minimum atomic E-state index is -0.545. The van der Waals surface area contributed by atoms with Crippen LogP contribution in [0.4, 0.5) is 0 Å². The topological polar surface area (TPSA) is 60.4 Å². The Morgan fingerprint density at radius 3 is 2.12 bits per heavy atom. The molecule has 2 rings (SSSR count). The van der Waals surface area contributed by atoms with E-state index in [1.807, 2.05) is 44.4 Å². The van der Waals surface area contributed by atoms with Crippen molar-refractivity contribution in [2.45, 2.75) is 31.6 Å². The first-order valence-corrected chi connectivity index (χ1v) is 9.56. The van der Waals surface area contributed by atoms with Crippen molar-refractivity contribution in [3.63, 3.8) is 0 Å². The first-order valence-electron chi connectivity index (χ1n) is 8.34. The molecule has 26 heavy (non-hydrogen) atoms. The lowest BCUT2D eigenvalue weighted by Gasteiger charge is -2.06. The lowest BCUT2D eigenvalue weighted by atomic mass is 10.0. The number of carbonyl (C=O) groups excluding carboxylic acids is 3. The molecule has 0 saturated heterocycles. The number of hydrogen-bond acceptors (Lipinski definition) is 5. The molecule has 0 atom stereocenters. The molecule has 4 nitrogen and oxygen atoms in total. The number of thioether (sulfide) groups is 1. The molecule has 0 radical (unpaired) electrons. The van der Waals surface area contributed by atoms with E-state index < -0.39 is 5.97 Å². The Kier molecular flexibility index (Phi) is 7.16. The standard InChI is InChI=1S/C21H22O4S/c1-14-4-5-17(12-15(14)2)19(22)10-11-21(24)25-13-20(23)16-6-8-18(26-3)9-7-16/h4-9,12H,10-11,13H2,1-3H3. The van der Waals surface area contributed by atoms with Gasteiger partial charge in [-0.3, -0.25) is 14.4 Å². The number of Topliss-reactive ketones (excluding diaryl/α,β-unsaturated/α-hetero) is 2. The molecule has 2 aromatic rings. The highest BCUT2D eigenvalue weighted by molar-refractivity contribution is 7.98. The van der Waals surface area contributed by atoms with Crippen molar-refractivity contribution in [3.05, 3.63) is 64.7 Å². The zero-order valence-electron chi connectivity index (χ0n) is 15.2. The molecule has 0 bridgehead atoms. The molecule has 0 fully saturated rings. The van der Waals surface area contributed by atoms with Gasteiger partial charge in [0, 0.05) is 22.4 Å². The van der Waals surface area contributed by atoms with Gasteiger partial charge in [-0.25, -0.2) is 0 Å². The van der Waals surface area contributed by atoms with E-state index in [-0.39, 0.29) is 31.0 Å². The molecule has 0 aliphatic rings. The van der Waals surface area contributed by atoms with Crippen LogP contribution in [0.25, 0.3) is 0 Å². The normalized spacial score (nSPS) is 10.4. The highest BCUT2D eigenvalue weighted by atomic mass is 32.2. The Balaban J connectivity index is 1.79. The van der Waals surface area contributed by atoms with Crippen LogP contribution in [0.15, 0.2) is 47.4 Å². The van der Waals surface area contributed by atoms with Crippen LogP contribution in [0.2, 0.25) is 0 Å². The van der Waals surface area contributed by atoms with Crippen LogP contribution in [-0.4, -0.2) is 30.4 Å². The Labute approximate surface area is 157 Å². The van der Waals surface area contributed by atoms with Gasteiger partial charge in [0.05, 0.1) is 6.42 Å². The van der Waals surface area contributed by atoms with E-state index in [0.29, 0.717) is 11.1 Å². The number of aryl methyl sites for hydroxylation is 2. The van der Waals surface area contributed by atoms with E-state index in [2.05, 4.69) is 0 Å². The van der Waals surface area contributed by atoms with Gasteiger partial charge in [0.15, 0.2) is 18.2 Å². The Morgan fingerprint density at radius 1 is 0.846 bits per heavy atom. The molecule has 0 N–H and O–H groups in total. The largest absolute Gasteiger partial charge is 0.457 e. The van der Waals surface area contributed by atoms with E-state index >= 15 is 0 Å². The molecule has 0 aromatic heterocycles. The number of hydrogen-bond donors (Lipinski definition) is 0. The molecule has 5 heteroatoms. The highest BCUT2D eigenvalue weighted by Crippen LogP contribution is 2.15. The molecular formula is C21H22O4S. The van der Waals surface area contributed by atoms with Crippen LogP contribution >= 0.6 is 11.8 Å². The molecule has 0 aliphatic carbocycles. The van der Waals surface area contributed by atoms with Gasteiger partial charge in [-0.2, -0.15) is 0 Å². The summed E-state index contributed by atoms with van der Waals surface area (Å²) in [5, 5.41) is 0. The third-order valence-electron chi connectivity index (χ3n) is 4.16. The van der Waals surface area contributed by atoms with E-state index in [1.165, 1.54) is 0 Å². The van der Waals surface area contributed by atoms with E-state index in [9.17, 15) is 14.4 Å². The number of carbonyl (C=O) groups is 3. The maximum absolute atomic E-state index is 12.2. The van der Waals surface area contributed by atoms with Crippen LogP contribution in [0.1, 0.15) is 44.7 Å². The predicted molar refractivity (Wildman–Crippen MR) is 103 cm³/mol. The van der Waals surface area contributed by atoms with Gasteiger partial charge in [-0.15, -0.1) is 11.8 Å². The van der Waals surface area contributed by atoms with Crippen molar-refractivity contribution in [2.24, 2.45) is 0 Å². The van der Waals surface area contributed by atoms with Gasteiger partial charge in [-0.05, 0) is 49.4 Å². The molecule has 0 amide bonds. The summed E-state index contributed by atoms with van der Waals surface area (Å²) >= 11 is 1.59. The minimum absolute atomic E-state index is 0.0373. The highest BCUT2D eigenvalue weighted by Gasteiger charge is 2.13. The first-order chi connectivity index (χ1) is 12.4. The van der Waals surface area contributed by atoms with Crippen molar-refractivity contribution in [1.82, 2.24) is 0 Å². The summed E-state index contributed by atoms with van der Waals surface area (Å²) < 4.78 is 5.00. The molecule has 0 unspecified atom stereocenters. The number of ether oxygens (including phenoxy) is 1. The van der Waals surface area contributed by atoms with Crippen LogP contribution in [0.3, 0.4) is 0 Å². The zero-order valence-corrected chi connectivity index (χ0v) is 16.0. The summed E-state index contributed by atoms with van der Waals surface area (Å²) in [6.07, 6.45) is 1.99. The summed E-state index contributed by atoms with van der Waals surface area (Å²) in [7, 11) is 0. The second-order valence-electron chi connectivity index (χ2n) is 6.03. The molecule has 2 aromatic carbocycles. The molecule has 0 aliphatic heterocycles. The van der Waals surface area contributed by atoms with Crippen LogP contribution < -0.4 is 0 Å². The second-order valence-corrected chi connectivity index (χ2v) is 6.91. The van der Waals surface area contributed by atoms with Gasteiger partial charge in [0.2, 0.25) is 0 Å². The minimum Gasteiger partial charge on any atom is -0.457 e. The smallest absolute Gasteiger partial charge is 0.306 e. The van der Waals surface area contributed by atoms with Gasteiger partial charge in [0.1, 0.15) is 0 Å². The Hall–Kier alpha value is -2.40. The van der Waals surface area contributed by atoms with Gasteiger partial charge in [0.25, 0.3) is 0 Å². The summed E-state index contributed by atoms with van der Waals surface area (Å²) in [6, 6.07) is 12.6. The number of rotatable bonds is 8. The van der Waals surface area contributed by atoms with Crippen LogP contribution in [0, 0.1) is 13.8 Å². The Bertz CT molecular complexity index is 809. The number of esters is 1. The van der Waals surface area contributed by atoms with Crippen molar-refractivity contribution in [1.29, 1.82) is 0 Å². The van der Waals surface area contributed by atoms with Crippen LogP contribution in [0.5, 0.6) is 0 Å². The monoisotopic (exact) mass is 370 g/mol. The lowest BCUT2D eigenvalue weighted by molar-refractivity contribution is -0.142. The fraction of sp³-hybridized carbons (Fsp3) is 0.286. The van der Waals surface area contributed by atoms with Crippen molar-refractivity contribution in [2.75, 3.05) is 12.9 Å². The first kappa shape index (κ1) is 19.9. The molecule has 136 valence electrons. The van der Waals surface area contributed by atoms with Gasteiger partial charge < -0.3 is 4.74 Å². The molecular weight excluding hydrogens is 348 g/mol. The Morgan fingerprint density at radius 2 is 1.50 bits per heavy atom. The van der Waals surface area contributed by atoms with Gasteiger partial charge in [-0.1, -0.05) is 24.3 Å². The average molecular weight is 370 g/mol.